The molecule has 9 heteroatoms. The number of benzene rings is 3. The highest BCUT2D eigenvalue weighted by Gasteiger charge is 2.68. The van der Waals surface area contributed by atoms with Gasteiger partial charge in [-0.3, -0.25) is 24.1 Å². The lowest BCUT2D eigenvalue weighted by Gasteiger charge is -2.49. The quantitative estimate of drug-likeness (QED) is 0.287. The van der Waals surface area contributed by atoms with Crippen molar-refractivity contribution in [3.8, 4) is 17.2 Å². The number of aromatic hydroxyl groups is 1. The smallest absolute Gasteiger partial charge is 0.241 e. The van der Waals surface area contributed by atoms with Crippen LogP contribution in [0.3, 0.4) is 0 Å². The number of carbonyl (C=O) groups excluding carboxylic acids is 4. The molecule has 3 aromatic carbocycles. The zero-order chi connectivity index (χ0) is 32.5. The van der Waals surface area contributed by atoms with Gasteiger partial charge in [-0.05, 0) is 55.5 Å². The molecule has 2 saturated heterocycles. The van der Waals surface area contributed by atoms with Gasteiger partial charge in [0, 0.05) is 23.6 Å². The number of rotatable bonds is 6. The van der Waals surface area contributed by atoms with Crippen molar-refractivity contribution in [1.82, 2.24) is 0 Å². The van der Waals surface area contributed by atoms with Gasteiger partial charge in [0.1, 0.15) is 17.2 Å². The van der Waals surface area contributed by atoms with Crippen LogP contribution < -0.4 is 19.3 Å². The third-order valence-electron chi connectivity index (χ3n) is 10.5. The molecule has 4 aliphatic rings. The average molecular weight is 619 g/mol. The molecule has 4 amide bonds. The summed E-state index contributed by atoms with van der Waals surface area (Å²) in [5.41, 5.74) is 1.56. The van der Waals surface area contributed by atoms with Crippen LogP contribution >= 0.6 is 0 Å². The lowest BCUT2D eigenvalue weighted by molar-refractivity contribution is -0.131. The van der Waals surface area contributed by atoms with Crippen LogP contribution in [0.15, 0.2) is 85.0 Å². The SMILES string of the molecule is C=Cc1ccc(N2C(=O)C3CC=C4C(CC5C(=O)N(c6ccccc6)C(=O)C5(C)C4c4c(O)cc(OC)cc4OC)C3C2=O)cc1. The number of hydrogen-bond acceptors (Lipinski definition) is 7. The number of methoxy groups -OCH3 is 2. The number of imide groups is 2. The van der Waals surface area contributed by atoms with Gasteiger partial charge >= 0.3 is 0 Å². The zero-order valence-electron chi connectivity index (χ0n) is 25.8. The molecule has 6 atom stereocenters. The highest BCUT2D eigenvalue weighted by atomic mass is 16.5. The maximum absolute atomic E-state index is 14.6. The van der Waals surface area contributed by atoms with Crippen LogP contribution in [0.5, 0.6) is 17.2 Å². The molecule has 1 N–H and O–H groups in total. The van der Waals surface area contributed by atoms with Crippen LogP contribution in [0.1, 0.15) is 36.8 Å². The lowest BCUT2D eigenvalue weighted by Crippen LogP contribution is -2.49. The molecule has 7 rings (SSSR count). The largest absolute Gasteiger partial charge is 0.507 e. The van der Waals surface area contributed by atoms with E-state index < -0.39 is 40.9 Å². The summed E-state index contributed by atoms with van der Waals surface area (Å²) in [6, 6.07) is 18.9. The molecule has 1 saturated carbocycles. The highest BCUT2D eigenvalue weighted by molar-refractivity contribution is 6.25. The van der Waals surface area contributed by atoms with E-state index in [-0.39, 0.29) is 36.3 Å². The fraction of sp³-hybridized carbons (Fsp3) is 0.297. The molecular weight excluding hydrogens is 584 g/mol. The Labute approximate surface area is 266 Å². The Balaban J connectivity index is 1.40. The van der Waals surface area contributed by atoms with E-state index in [1.165, 1.54) is 30.1 Å². The summed E-state index contributed by atoms with van der Waals surface area (Å²) in [5.74, 6) is -4.42. The van der Waals surface area contributed by atoms with Gasteiger partial charge in [-0.1, -0.05) is 54.6 Å². The van der Waals surface area contributed by atoms with Gasteiger partial charge in [-0.25, -0.2) is 4.90 Å². The Morgan fingerprint density at radius 3 is 2.22 bits per heavy atom. The molecule has 2 heterocycles. The van der Waals surface area contributed by atoms with Gasteiger partial charge < -0.3 is 14.6 Å². The molecule has 2 aliphatic heterocycles. The second-order valence-electron chi connectivity index (χ2n) is 12.6. The van der Waals surface area contributed by atoms with Gasteiger partial charge in [-0.2, -0.15) is 0 Å². The fourth-order valence-electron chi connectivity index (χ4n) is 8.32. The van der Waals surface area contributed by atoms with Crippen LogP contribution in [0, 0.1) is 29.1 Å². The standard InChI is InChI=1S/C37H34N2O7/c1-5-20-11-13-22(14-12-20)38-33(41)25-16-15-24-26(30(25)35(38)43)19-27-34(42)39(21-9-7-6-8-10-21)36(44)37(27,2)32(24)31-28(40)17-23(45-3)18-29(31)46-4/h5-15,17-18,25-27,30,32,40H,1,16,19H2,2-4H3. The first kappa shape index (κ1) is 29.5. The first-order chi connectivity index (χ1) is 22.1. The number of fused-ring (bicyclic) bond motifs is 4. The number of hydrogen-bond donors (Lipinski definition) is 1. The number of phenols is 1. The number of carbonyl (C=O) groups is 4. The van der Waals surface area contributed by atoms with Crippen LogP contribution in [-0.4, -0.2) is 43.0 Å². The Kier molecular flexibility index (Phi) is 6.88. The van der Waals surface area contributed by atoms with E-state index in [2.05, 4.69) is 6.58 Å². The molecule has 2 aliphatic carbocycles. The summed E-state index contributed by atoms with van der Waals surface area (Å²) in [6.07, 6.45) is 4.12. The third-order valence-corrected chi connectivity index (χ3v) is 10.5. The Morgan fingerprint density at radius 1 is 0.870 bits per heavy atom. The minimum atomic E-state index is -1.33. The van der Waals surface area contributed by atoms with Gasteiger partial charge in [0.25, 0.3) is 0 Å². The van der Waals surface area contributed by atoms with Crippen LogP contribution in [0.4, 0.5) is 11.4 Å². The maximum Gasteiger partial charge on any atom is 0.241 e. The number of anilines is 2. The molecule has 3 fully saturated rings. The molecule has 0 radical (unpaired) electrons. The highest BCUT2D eigenvalue weighted by Crippen LogP contribution is 2.65. The minimum absolute atomic E-state index is 0.152. The number of allylic oxidation sites excluding steroid dienone is 2. The van der Waals surface area contributed by atoms with Crippen LogP contribution in [0.25, 0.3) is 6.08 Å². The van der Waals surface area contributed by atoms with Crippen molar-refractivity contribution < 1.29 is 33.8 Å². The molecule has 46 heavy (non-hydrogen) atoms. The van der Waals surface area contributed by atoms with E-state index in [0.29, 0.717) is 28.4 Å². The van der Waals surface area contributed by atoms with Gasteiger partial charge in [0.2, 0.25) is 23.6 Å². The Bertz CT molecular complexity index is 1830. The molecule has 6 unspecified atom stereocenters. The van der Waals surface area contributed by atoms with E-state index in [1.807, 2.05) is 12.1 Å². The maximum atomic E-state index is 14.6. The van der Waals surface area contributed by atoms with E-state index in [0.717, 1.165) is 11.1 Å². The second kappa shape index (κ2) is 10.7. The summed E-state index contributed by atoms with van der Waals surface area (Å²) in [6.45, 7) is 5.55. The first-order valence-electron chi connectivity index (χ1n) is 15.3. The predicted molar refractivity (Wildman–Crippen MR) is 171 cm³/mol. The summed E-state index contributed by atoms with van der Waals surface area (Å²) in [5, 5.41) is 11.5. The number of amides is 4. The van der Waals surface area contributed by atoms with Crippen molar-refractivity contribution in [1.29, 1.82) is 0 Å². The van der Waals surface area contributed by atoms with Crippen molar-refractivity contribution in [3.05, 3.63) is 96.1 Å². The molecule has 0 bridgehead atoms. The predicted octanol–water partition coefficient (Wildman–Crippen LogP) is 5.49. The number of nitrogens with zero attached hydrogens (tertiary/aromatic N) is 2. The van der Waals surface area contributed by atoms with Crippen molar-refractivity contribution in [2.24, 2.45) is 29.1 Å². The zero-order valence-corrected chi connectivity index (χ0v) is 25.8. The monoisotopic (exact) mass is 618 g/mol. The van der Waals surface area contributed by atoms with E-state index >= 15 is 0 Å². The van der Waals surface area contributed by atoms with Crippen molar-refractivity contribution in [2.75, 3.05) is 24.0 Å². The number of ether oxygens (including phenoxy) is 2. The van der Waals surface area contributed by atoms with Crippen molar-refractivity contribution >= 4 is 41.1 Å². The molecular formula is C37H34N2O7. The van der Waals surface area contributed by atoms with E-state index in [4.69, 9.17) is 9.47 Å². The lowest BCUT2D eigenvalue weighted by atomic mass is 9.51. The van der Waals surface area contributed by atoms with Crippen molar-refractivity contribution in [2.45, 2.75) is 25.7 Å². The van der Waals surface area contributed by atoms with Gasteiger partial charge in [0.05, 0.1) is 48.8 Å². The molecule has 3 aromatic rings. The fourth-order valence-corrected chi connectivity index (χ4v) is 8.32. The van der Waals surface area contributed by atoms with Crippen molar-refractivity contribution in [3.63, 3.8) is 0 Å². The summed E-state index contributed by atoms with van der Waals surface area (Å²) < 4.78 is 11.2. The molecule has 234 valence electrons. The van der Waals surface area contributed by atoms with E-state index in [1.54, 1.807) is 67.6 Å². The van der Waals surface area contributed by atoms with Crippen LogP contribution in [0.2, 0.25) is 0 Å². The Morgan fingerprint density at radius 2 is 1.57 bits per heavy atom. The normalized spacial score (nSPS) is 28.4. The van der Waals surface area contributed by atoms with E-state index in [9.17, 15) is 24.3 Å². The summed E-state index contributed by atoms with van der Waals surface area (Å²) in [7, 11) is 2.94. The van der Waals surface area contributed by atoms with Gasteiger partial charge in [-0.15, -0.1) is 0 Å². The second-order valence-corrected chi connectivity index (χ2v) is 12.6. The average Bonchev–Trinajstić information content (AvgIpc) is 3.44. The summed E-state index contributed by atoms with van der Waals surface area (Å²) >= 11 is 0. The Hall–Kier alpha value is -5.18. The number of para-hydroxylation sites is 1. The molecule has 0 spiro atoms. The van der Waals surface area contributed by atoms with Crippen LogP contribution in [-0.2, 0) is 19.2 Å². The number of phenolic OH excluding ortho intramolecular Hbond substituents is 1. The third kappa shape index (κ3) is 4.00. The molecule has 0 aromatic heterocycles. The minimum Gasteiger partial charge on any atom is -0.507 e. The first-order valence-corrected chi connectivity index (χ1v) is 15.3. The molecule has 9 nitrogen and oxygen atoms in total. The van der Waals surface area contributed by atoms with Gasteiger partial charge in [0.15, 0.2) is 0 Å². The summed E-state index contributed by atoms with van der Waals surface area (Å²) in [4.78, 5) is 59.5. The topological polar surface area (TPSA) is 113 Å².